The lowest BCUT2D eigenvalue weighted by atomic mass is 10.1. The van der Waals surface area contributed by atoms with Crippen molar-refractivity contribution in [3.8, 4) is 0 Å². The number of likely N-dealkylation sites (N-methyl/N-ethyl adjacent to an activating group) is 1. The van der Waals surface area contributed by atoms with Gasteiger partial charge in [0, 0.05) is 58.9 Å². The van der Waals surface area contributed by atoms with E-state index in [1.165, 1.54) is 45.7 Å². The molecular weight excluding hydrogens is 495 g/mol. The Hall–Kier alpha value is -0.200. The summed E-state index contributed by atoms with van der Waals surface area (Å²) in [4.78, 5) is 12.0. The van der Waals surface area contributed by atoms with Crippen LogP contribution >= 0.6 is 24.0 Å². The monoisotopic (exact) mass is 540 g/mol. The molecule has 2 rings (SSSR count). The number of unbranched alkanes of at least 4 members (excludes halogenated alkanes) is 1. The van der Waals surface area contributed by atoms with Crippen molar-refractivity contribution >= 4 is 29.9 Å². The lowest BCUT2D eigenvalue weighted by molar-refractivity contribution is -0.0179. The summed E-state index contributed by atoms with van der Waals surface area (Å²) in [6, 6.07) is 0. The summed E-state index contributed by atoms with van der Waals surface area (Å²) in [5, 5.41) is 17.4. The van der Waals surface area contributed by atoms with Gasteiger partial charge in [-0.3, -0.25) is 9.89 Å². The van der Waals surface area contributed by atoms with Crippen LogP contribution in [-0.2, 0) is 4.74 Å². The molecule has 0 spiro atoms. The molecule has 2 aliphatic heterocycles. The van der Waals surface area contributed by atoms with E-state index in [0.717, 1.165) is 51.8 Å². The zero-order valence-electron chi connectivity index (χ0n) is 19.4. The fraction of sp³-hybridized carbons (Fsp3) is 0.952. The van der Waals surface area contributed by atoms with Gasteiger partial charge < -0.3 is 30.3 Å². The number of halogens is 1. The summed E-state index contributed by atoms with van der Waals surface area (Å²) in [5.74, 6) is 0.798. The van der Waals surface area contributed by atoms with Crippen LogP contribution in [0, 0.1) is 0 Å². The van der Waals surface area contributed by atoms with Gasteiger partial charge in [0.25, 0.3) is 0 Å². The first kappa shape index (κ1) is 27.8. The highest BCUT2D eigenvalue weighted by Crippen LogP contribution is 2.09. The molecule has 0 aromatic rings. The Morgan fingerprint density at radius 2 is 1.63 bits per heavy atom. The van der Waals surface area contributed by atoms with E-state index < -0.39 is 5.60 Å². The van der Waals surface area contributed by atoms with Crippen molar-refractivity contribution in [3.63, 3.8) is 0 Å². The molecule has 30 heavy (non-hydrogen) atoms. The molecule has 9 heteroatoms. The van der Waals surface area contributed by atoms with E-state index in [0.29, 0.717) is 13.1 Å². The minimum Gasteiger partial charge on any atom is -0.387 e. The van der Waals surface area contributed by atoms with Crippen molar-refractivity contribution in [1.29, 1.82) is 0 Å². The van der Waals surface area contributed by atoms with Crippen molar-refractivity contribution < 1.29 is 9.84 Å². The van der Waals surface area contributed by atoms with Crippen molar-refractivity contribution in [2.24, 2.45) is 4.99 Å². The van der Waals surface area contributed by atoms with Gasteiger partial charge in [-0.25, -0.2) is 0 Å². The van der Waals surface area contributed by atoms with E-state index in [2.05, 4.69) is 44.2 Å². The molecule has 0 amide bonds. The van der Waals surface area contributed by atoms with Crippen LogP contribution in [0.15, 0.2) is 4.99 Å². The Balaban J connectivity index is 0.00000450. The van der Waals surface area contributed by atoms with Gasteiger partial charge in [0.15, 0.2) is 5.96 Å². The first-order valence-electron chi connectivity index (χ1n) is 11.5. The molecule has 0 bridgehead atoms. The Labute approximate surface area is 200 Å². The number of morpholine rings is 1. The normalized spacial score (nSPS) is 21.7. The number of rotatable bonds is 11. The Kier molecular flexibility index (Phi) is 14.5. The van der Waals surface area contributed by atoms with Crippen LogP contribution in [0.25, 0.3) is 0 Å². The Morgan fingerprint density at radius 3 is 2.27 bits per heavy atom. The Bertz CT molecular complexity index is 466. The van der Waals surface area contributed by atoms with Crippen LogP contribution in [-0.4, -0.2) is 123 Å². The van der Waals surface area contributed by atoms with Gasteiger partial charge in [-0.2, -0.15) is 0 Å². The quantitative estimate of drug-likeness (QED) is 0.154. The van der Waals surface area contributed by atoms with E-state index >= 15 is 0 Å². The smallest absolute Gasteiger partial charge is 0.191 e. The number of guanidine groups is 1. The maximum absolute atomic E-state index is 10.7. The fourth-order valence-corrected chi connectivity index (χ4v) is 3.88. The van der Waals surface area contributed by atoms with E-state index in [1.807, 2.05) is 6.92 Å². The minimum absolute atomic E-state index is 0. The average Bonchev–Trinajstić information content (AvgIpc) is 2.72. The maximum Gasteiger partial charge on any atom is 0.191 e. The van der Waals surface area contributed by atoms with Gasteiger partial charge in [0.05, 0.1) is 25.4 Å². The van der Waals surface area contributed by atoms with E-state index in [4.69, 9.17) is 4.74 Å². The number of nitrogens with zero attached hydrogens (tertiary/aromatic N) is 4. The molecule has 0 aromatic carbocycles. The number of nitrogens with one attached hydrogen (secondary N) is 2. The predicted octanol–water partition coefficient (Wildman–Crippen LogP) is 0.660. The molecule has 1 unspecified atom stereocenters. The number of aliphatic hydroxyl groups is 1. The topological polar surface area (TPSA) is 75.6 Å². The van der Waals surface area contributed by atoms with Crippen molar-refractivity contribution in [1.82, 2.24) is 25.3 Å². The second kappa shape index (κ2) is 15.6. The molecule has 0 aliphatic carbocycles. The molecule has 2 heterocycles. The molecule has 2 fully saturated rings. The lowest BCUT2D eigenvalue weighted by Crippen LogP contribution is -2.48. The number of β-amino-alcohol motifs (C(OH)–C–C–N with tert-alkyl or cyclic N) is 1. The molecule has 1 atom stereocenters. The summed E-state index contributed by atoms with van der Waals surface area (Å²) < 4.78 is 5.38. The van der Waals surface area contributed by atoms with Crippen molar-refractivity contribution in [2.75, 3.05) is 91.8 Å². The number of piperazine rings is 1. The van der Waals surface area contributed by atoms with E-state index in [9.17, 15) is 5.11 Å². The van der Waals surface area contributed by atoms with Crippen LogP contribution in [0.5, 0.6) is 0 Å². The van der Waals surface area contributed by atoms with Crippen molar-refractivity contribution in [2.45, 2.75) is 39.2 Å². The third-order valence-corrected chi connectivity index (χ3v) is 5.70. The SMILES string of the molecule is CCNC(=NCC(C)(O)CN1CCOCC1)NCCCCN1CCN(CC)CC1.I. The summed E-state index contributed by atoms with van der Waals surface area (Å²) in [7, 11) is 0. The summed E-state index contributed by atoms with van der Waals surface area (Å²) >= 11 is 0. The Morgan fingerprint density at radius 1 is 0.967 bits per heavy atom. The lowest BCUT2D eigenvalue weighted by Gasteiger charge is -2.34. The summed E-state index contributed by atoms with van der Waals surface area (Å²) in [5.41, 5.74) is -0.833. The highest BCUT2D eigenvalue weighted by molar-refractivity contribution is 14.0. The van der Waals surface area contributed by atoms with E-state index in [1.54, 1.807) is 0 Å². The van der Waals surface area contributed by atoms with Crippen LogP contribution in [0.4, 0.5) is 0 Å². The highest BCUT2D eigenvalue weighted by Gasteiger charge is 2.25. The molecule has 0 saturated carbocycles. The third-order valence-electron chi connectivity index (χ3n) is 5.70. The largest absolute Gasteiger partial charge is 0.387 e. The third kappa shape index (κ3) is 11.4. The average molecular weight is 541 g/mol. The standard InChI is InChI=1S/C21H44N6O2.HI/c1-4-22-20(24-18-21(3,28)19-27-14-16-29-17-15-27)23-8-6-7-9-26-12-10-25(5-2)11-13-26;/h28H,4-19H2,1-3H3,(H2,22,23,24);1H. The summed E-state index contributed by atoms with van der Waals surface area (Å²) in [6.45, 7) is 19.3. The molecule has 3 N–H and O–H groups in total. The van der Waals surface area contributed by atoms with Gasteiger partial charge in [-0.15, -0.1) is 24.0 Å². The number of hydrogen-bond donors (Lipinski definition) is 3. The van der Waals surface area contributed by atoms with Gasteiger partial charge in [-0.05, 0) is 39.8 Å². The van der Waals surface area contributed by atoms with Gasteiger partial charge in [0.1, 0.15) is 0 Å². The first-order chi connectivity index (χ1) is 14.0. The van der Waals surface area contributed by atoms with Crippen LogP contribution in [0.2, 0.25) is 0 Å². The molecular formula is C21H45IN6O2. The van der Waals surface area contributed by atoms with Crippen LogP contribution < -0.4 is 10.6 Å². The molecule has 8 nitrogen and oxygen atoms in total. The second-order valence-electron chi connectivity index (χ2n) is 8.49. The zero-order chi connectivity index (χ0) is 21.0. The van der Waals surface area contributed by atoms with Crippen LogP contribution in [0.3, 0.4) is 0 Å². The minimum atomic E-state index is -0.833. The van der Waals surface area contributed by atoms with Gasteiger partial charge >= 0.3 is 0 Å². The van der Waals surface area contributed by atoms with Crippen molar-refractivity contribution in [3.05, 3.63) is 0 Å². The molecule has 178 valence electrons. The number of hydrogen-bond acceptors (Lipinski definition) is 6. The molecule has 0 aromatic heterocycles. The first-order valence-corrected chi connectivity index (χ1v) is 11.5. The summed E-state index contributed by atoms with van der Waals surface area (Å²) in [6.07, 6.45) is 2.33. The zero-order valence-corrected chi connectivity index (χ0v) is 21.7. The highest BCUT2D eigenvalue weighted by atomic mass is 127. The maximum atomic E-state index is 10.7. The molecule has 0 radical (unpaired) electrons. The van der Waals surface area contributed by atoms with E-state index in [-0.39, 0.29) is 24.0 Å². The predicted molar refractivity (Wildman–Crippen MR) is 135 cm³/mol. The van der Waals surface area contributed by atoms with Gasteiger partial charge in [-0.1, -0.05) is 6.92 Å². The van der Waals surface area contributed by atoms with Crippen LogP contribution in [0.1, 0.15) is 33.6 Å². The number of ether oxygens (including phenoxy) is 1. The number of aliphatic imine (C=N–C) groups is 1. The fourth-order valence-electron chi connectivity index (χ4n) is 3.88. The molecule has 2 aliphatic rings. The second-order valence-corrected chi connectivity index (χ2v) is 8.49. The molecule has 2 saturated heterocycles. The van der Waals surface area contributed by atoms with Gasteiger partial charge in [0.2, 0.25) is 0 Å².